The van der Waals surface area contributed by atoms with Crippen molar-refractivity contribution in [1.29, 1.82) is 0 Å². The highest BCUT2D eigenvalue weighted by Gasteiger charge is 2.36. The summed E-state index contributed by atoms with van der Waals surface area (Å²) >= 11 is 0. The molecule has 20 heavy (non-hydrogen) atoms. The fourth-order valence-electron chi connectivity index (χ4n) is 2.45. The predicted molar refractivity (Wildman–Crippen MR) is 70.0 cm³/mol. The van der Waals surface area contributed by atoms with Crippen molar-refractivity contribution in [2.45, 2.75) is 31.3 Å². The number of carbonyl (C=O) groups is 1. The zero-order valence-electron chi connectivity index (χ0n) is 10.7. The van der Waals surface area contributed by atoms with Crippen molar-refractivity contribution in [3.63, 3.8) is 0 Å². The van der Waals surface area contributed by atoms with E-state index in [9.17, 15) is 19.3 Å². The maximum absolute atomic E-state index is 13.4. The van der Waals surface area contributed by atoms with Crippen LogP contribution in [0.5, 0.6) is 0 Å². The number of rotatable bonds is 4. The van der Waals surface area contributed by atoms with Crippen molar-refractivity contribution in [3.8, 4) is 0 Å². The van der Waals surface area contributed by atoms with E-state index in [4.69, 9.17) is 0 Å². The largest absolute Gasteiger partial charge is 0.311 e. The molecule has 0 bridgehead atoms. The highest BCUT2D eigenvalue weighted by Crippen LogP contribution is 2.28. The molecule has 1 saturated carbocycles. The van der Waals surface area contributed by atoms with E-state index in [1.165, 1.54) is 11.0 Å². The van der Waals surface area contributed by atoms with E-state index in [-0.39, 0.29) is 23.3 Å². The molecule has 1 N–H and O–H groups in total. The lowest BCUT2D eigenvalue weighted by Crippen LogP contribution is -2.39. The molecule has 1 atom stereocenters. The van der Waals surface area contributed by atoms with Crippen LogP contribution in [0.1, 0.15) is 19.3 Å². The molecule has 6 nitrogen and oxygen atoms in total. The van der Waals surface area contributed by atoms with Gasteiger partial charge in [0, 0.05) is 18.7 Å². The summed E-state index contributed by atoms with van der Waals surface area (Å²) in [5.74, 6) is -0.850. The summed E-state index contributed by atoms with van der Waals surface area (Å²) in [4.78, 5) is 23.7. The molecule has 106 valence electrons. The average Bonchev–Trinajstić information content (AvgIpc) is 3.13. The minimum atomic E-state index is -0.708. The van der Waals surface area contributed by atoms with Crippen molar-refractivity contribution >= 4 is 17.3 Å². The first-order chi connectivity index (χ1) is 9.54. The van der Waals surface area contributed by atoms with Crippen molar-refractivity contribution in [1.82, 2.24) is 5.32 Å². The van der Waals surface area contributed by atoms with Crippen LogP contribution >= 0.6 is 0 Å². The number of nitrogens with one attached hydrogen (secondary N) is 1. The van der Waals surface area contributed by atoms with E-state index in [1.807, 2.05) is 0 Å². The molecular weight excluding hydrogens is 265 g/mol. The van der Waals surface area contributed by atoms with Gasteiger partial charge in [-0.25, -0.2) is 4.39 Å². The number of non-ortho nitro benzene ring substituents is 1. The average molecular weight is 279 g/mol. The molecule has 7 heteroatoms. The molecule has 1 amide bonds. The number of anilines is 1. The quantitative estimate of drug-likeness (QED) is 0.671. The zero-order chi connectivity index (χ0) is 14.3. The second-order valence-electron chi connectivity index (χ2n) is 5.20. The molecular formula is C13H14FN3O3. The Morgan fingerprint density at radius 1 is 1.30 bits per heavy atom. The van der Waals surface area contributed by atoms with E-state index in [0.717, 1.165) is 25.0 Å². The number of nitrogens with zero attached hydrogens (tertiary/aromatic N) is 2. The summed E-state index contributed by atoms with van der Waals surface area (Å²) < 4.78 is 13.4. The van der Waals surface area contributed by atoms with Crippen molar-refractivity contribution < 1.29 is 14.1 Å². The monoisotopic (exact) mass is 279 g/mol. The maximum atomic E-state index is 13.4. The van der Waals surface area contributed by atoms with Crippen molar-refractivity contribution in [3.05, 3.63) is 34.1 Å². The van der Waals surface area contributed by atoms with Crippen LogP contribution in [0.2, 0.25) is 0 Å². The molecule has 1 aromatic rings. The molecule has 1 saturated heterocycles. The van der Waals surface area contributed by atoms with Gasteiger partial charge in [0.2, 0.25) is 5.91 Å². The standard InChI is InChI=1S/C13H14FN3O3/c14-8-5-10(7-11(6-8)17(19)20)16-4-3-12(13(16)18)15-9-1-2-9/h5-7,9,12,15H,1-4H2. The van der Waals surface area contributed by atoms with Gasteiger partial charge < -0.3 is 10.2 Å². The van der Waals surface area contributed by atoms with Crippen molar-refractivity contribution in [2.24, 2.45) is 0 Å². The van der Waals surface area contributed by atoms with Crippen LogP contribution in [0, 0.1) is 15.9 Å². The molecule has 1 aliphatic heterocycles. The maximum Gasteiger partial charge on any atom is 0.274 e. The van der Waals surface area contributed by atoms with Gasteiger partial charge in [0.05, 0.1) is 22.7 Å². The summed E-state index contributed by atoms with van der Waals surface area (Å²) in [5, 5.41) is 14.0. The number of nitro groups is 1. The van der Waals surface area contributed by atoms with Gasteiger partial charge in [-0.15, -0.1) is 0 Å². The Labute approximate surface area is 114 Å². The van der Waals surface area contributed by atoms with Crippen molar-refractivity contribution in [2.75, 3.05) is 11.4 Å². The Morgan fingerprint density at radius 2 is 2.05 bits per heavy atom. The third-order valence-electron chi connectivity index (χ3n) is 3.61. The van der Waals surface area contributed by atoms with Gasteiger partial charge in [-0.1, -0.05) is 0 Å². The van der Waals surface area contributed by atoms with Gasteiger partial charge in [-0.2, -0.15) is 0 Å². The van der Waals surface area contributed by atoms with Gasteiger partial charge in [0.25, 0.3) is 5.69 Å². The van der Waals surface area contributed by atoms with Gasteiger partial charge in [0.1, 0.15) is 5.82 Å². The first-order valence-electron chi connectivity index (χ1n) is 6.57. The first-order valence-corrected chi connectivity index (χ1v) is 6.57. The third kappa shape index (κ3) is 2.49. The number of hydrogen-bond acceptors (Lipinski definition) is 4. The lowest BCUT2D eigenvalue weighted by atomic mass is 10.2. The number of hydrogen-bond donors (Lipinski definition) is 1. The lowest BCUT2D eigenvalue weighted by molar-refractivity contribution is -0.385. The Hall–Kier alpha value is -2.02. The fourth-order valence-corrected chi connectivity index (χ4v) is 2.45. The minimum absolute atomic E-state index is 0.142. The first kappa shape index (κ1) is 13.0. The lowest BCUT2D eigenvalue weighted by Gasteiger charge is -2.17. The molecule has 0 aromatic heterocycles. The highest BCUT2D eigenvalue weighted by molar-refractivity contribution is 5.99. The zero-order valence-corrected chi connectivity index (χ0v) is 10.7. The number of nitro benzene ring substituents is 1. The normalized spacial score (nSPS) is 22.4. The summed E-state index contributed by atoms with van der Waals surface area (Å²) in [7, 11) is 0. The molecule has 2 fully saturated rings. The summed E-state index contributed by atoms with van der Waals surface area (Å²) in [6, 6.07) is 3.39. The molecule has 0 spiro atoms. The van der Waals surface area contributed by atoms with Crippen LogP contribution < -0.4 is 10.2 Å². The van der Waals surface area contributed by atoms with Crippen LogP contribution in [0.15, 0.2) is 18.2 Å². The molecule has 2 aliphatic rings. The van der Waals surface area contributed by atoms with E-state index in [2.05, 4.69) is 5.32 Å². The smallest absolute Gasteiger partial charge is 0.274 e. The fraction of sp³-hybridized carbons (Fsp3) is 0.462. The summed E-state index contributed by atoms with van der Waals surface area (Å²) in [6.07, 6.45) is 2.80. The second-order valence-corrected chi connectivity index (χ2v) is 5.20. The number of halogens is 1. The van der Waals surface area contributed by atoms with E-state index < -0.39 is 10.7 Å². The number of amides is 1. The van der Waals surface area contributed by atoms with Gasteiger partial charge in [-0.3, -0.25) is 14.9 Å². The van der Waals surface area contributed by atoms with E-state index in [1.54, 1.807) is 0 Å². The SMILES string of the molecule is O=C1C(NC2CC2)CCN1c1cc(F)cc([N+](=O)[O-])c1. The Kier molecular flexibility index (Phi) is 3.13. The van der Waals surface area contributed by atoms with E-state index in [0.29, 0.717) is 19.0 Å². The summed E-state index contributed by atoms with van der Waals surface area (Å²) in [6.45, 7) is 0.448. The number of carbonyl (C=O) groups excluding carboxylic acids is 1. The Morgan fingerprint density at radius 3 is 2.70 bits per heavy atom. The molecule has 1 heterocycles. The number of benzene rings is 1. The van der Waals surface area contributed by atoms with Crippen LogP contribution in [0.3, 0.4) is 0 Å². The van der Waals surface area contributed by atoms with Gasteiger partial charge in [-0.05, 0) is 25.3 Å². The van der Waals surface area contributed by atoms with E-state index >= 15 is 0 Å². The molecule has 3 rings (SSSR count). The highest BCUT2D eigenvalue weighted by atomic mass is 19.1. The van der Waals surface area contributed by atoms with Gasteiger partial charge in [0.15, 0.2) is 0 Å². The Bertz CT molecular complexity index is 574. The third-order valence-corrected chi connectivity index (χ3v) is 3.61. The van der Waals surface area contributed by atoms with Crippen LogP contribution in [-0.2, 0) is 4.79 Å². The topological polar surface area (TPSA) is 75.5 Å². The molecule has 0 radical (unpaired) electrons. The molecule has 1 aromatic carbocycles. The Balaban J connectivity index is 1.82. The van der Waals surface area contributed by atoms with Gasteiger partial charge >= 0.3 is 0 Å². The predicted octanol–water partition coefficient (Wildman–Crippen LogP) is 1.59. The molecule has 1 unspecified atom stereocenters. The van der Waals surface area contributed by atoms with Crippen LogP contribution in [0.25, 0.3) is 0 Å². The van der Waals surface area contributed by atoms with Crippen LogP contribution in [0.4, 0.5) is 15.8 Å². The molecule has 1 aliphatic carbocycles. The van der Waals surface area contributed by atoms with Crippen LogP contribution in [-0.4, -0.2) is 29.5 Å². The minimum Gasteiger partial charge on any atom is -0.311 e. The second kappa shape index (κ2) is 4.82. The summed E-state index contributed by atoms with van der Waals surface area (Å²) in [5.41, 5.74) is -0.0896.